The number of carbonyl (C=O) groups excluding carboxylic acids is 1. The van der Waals surface area contributed by atoms with Gasteiger partial charge in [0.1, 0.15) is 0 Å². The second-order valence-corrected chi connectivity index (χ2v) is 6.36. The Morgan fingerprint density at radius 3 is 2.73 bits per heavy atom. The highest BCUT2D eigenvalue weighted by atomic mass is 16.7. The maximum atomic E-state index is 12.4. The smallest absolute Gasteiger partial charge is 0.220 e. The summed E-state index contributed by atoms with van der Waals surface area (Å²) in [6.45, 7) is 3.32. The number of nitrogens with one attached hydrogen (secondary N) is 1. The summed E-state index contributed by atoms with van der Waals surface area (Å²) < 4.78 is 11.8. The Kier molecular flexibility index (Phi) is 4.79. The van der Waals surface area contributed by atoms with E-state index in [9.17, 15) is 4.79 Å². The van der Waals surface area contributed by atoms with Crippen molar-refractivity contribution < 1.29 is 14.3 Å². The van der Waals surface area contributed by atoms with Crippen molar-refractivity contribution in [3.05, 3.63) is 35.9 Å². The van der Waals surface area contributed by atoms with Crippen LogP contribution >= 0.6 is 0 Å². The zero-order valence-electron chi connectivity index (χ0n) is 13.2. The van der Waals surface area contributed by atoms with Crippen LogP contribution in [0.15, 0.2) is 30.3 Å². The van der Waals surface area contributed by atoms with Gasteiger partial charge < -0.3 is 14.8 Å². The van der Waals surface area contributed by atoms with Gasteiger partial charge in [-0.2, -0.15) is 0 Å². The molecule has 4 nitrogen and oxygen atoms in total. The van der Waals surface area contributed by atoms with Crippen molar-refractivity contribution in [2.24, 2.45) is 5.92 Å². The molecule has 2 unspecified atom stereocenters. The number of ether oxygens (including phenoxy) is 2. The Balaban J connectivity index is 1.58. The zero-order chi connectivity index (χ0) is 15.4. The lowest BCUT2D eigenvalue weighted by Crippen LogP contribution is -2.44. The first-order valence-corrected chi connectivity index (χ1v) is 8.32. The van der Waals surface area contributed by atoms with Crippen LogP contribution in [-0.4, -0.2) is 24.9 Å². The van der Waals surface area contributed by atoms with E-state index in [1.807, 2.05) is 37.3 Å². The van der Waals surface area contributed by atoms with E-state index in [4.69, 9.17) is 9.47 Å². The molecule has 22 heavy (non-hydrogen) atoms. The van der Waals surface area contributed by atoms with Crippen molar-refractivity contribution >= 4 is 5.91 Å². The van der Waals surface area contributed by atoms with Crippen LogP contribution in [0.5, 0.6) is 0 Å². The molecule has 1 aliphatic heterocycles. The lowest BCUT2D eigenvalue weighted by Gasteiger charge is -2.39. The molecular formula is C18H25NO3. The van der Waals surface area contributed by atoms with Crippen molar-refractivity contribution in [2.45, 2.75) is 50.9 Å². The molecule has 1 aromatic rings. The molecule has 0 radical (unpaired) electrons. The topological polar surface area (TPSA) is 47.6 Å². The van der Waals surface area contributed by atoms with Gasteiger partial charge in [0, 0.05) is 18.8 Å². The molecular weight excluding hydrogens is 278 g/mol. The van der Waals surface area contributed by atoms with Crippen molar-refractivity contribution in [3.63, 3.8) is 0 Å². The van der Waals surface area contributed by atoms with Crippen LogP contribution < -0.4 is 5.32 Å². The highest BCUT2D eigenvalue weighted by Gasteiger charge is 2.46. The van der Waals surface area contributed by atoms with Crippen molar-refractivity contribution in [1.29, 1.82) is 0 Å². The highest BCUT2D eigenvalue weighted by Crippen LogP contribution is 2.42. The minimum atomic E-state index is -0.494. The summed E-state index contributed by atoms with van der Waals surface area (Å²) in [5.41, 5.74) is 1.13. The van der Waals surface area contributed by atoms with Gasteiger partial charge in [-0.15, -0.1) is 0 Å². The van der Waals surface area contributed by atoms with Crippen LogP contribution in [0.2, 0.25) is 0 Å². The lowest BCUT2D eigenvalue weighted by atomic mass is 9.81. The fraction of sp³-hybridized carbons (Fsp3) is 0.611. The van der Waals surface area contributed by atoms with Gasteiger partial charge in [0.25, 0.3) is 0 Å². The molecule has 2 atom stereocenters. The SMILES string of the molecule is CC(NC(=O)CC1CCCCC12OCCO2)c1ccccc1. The Bertz CT molecular complexity index is 496. The van der Waals surface area contributed by atoms with E-state index in [0.717, 1.165) is 31.2 Å². The number of rotatable bonds is 4. The van der Waals surface area contributed by atoms with Crippen LogP contribution in [0.25, 0.3) is 0 Å². The summed E-state index contributed by atoms with van der Waals surface area (Å²) in [5.74, 6) is -0.237. The Labute approximate surface area is 132 Å². The van der Waals surface area contributed by atoms with E-state index in [-0.39, 0.29) is 17.9 Å². The maximum Gasteiger partial charge on any atom is 0.220 e. The average molecular weight is 303 g/mol. The number of amides is 1. The summed E-state index contributed by atoms with van der Waals surface area (Å²) in [5, 5.41) is 3.10. The molecule has 1 saturated heterocycles. The standard InChI is InChI=1S/C18H25NO3/c1-14(15-7-3-2-4-8-15)19-17(20)13-16-9-5-6-10-18(16)21-11-12-22-18/h2-4,7-8,14,16H,5-6,9-13H2,1H3,(H,19,20). The fourth-order valence-corrected chi connectivity index (χ4v) is 3.64. The van der Waals surface area contributed by atoms with Crippen molar-refractivity contribution in [3.8, 4) is 0 Å². The van der Waals surface area contributed by atoms with E-state index in [2.05, 4.69) is 5.32 Å². The Morgan fingerprint density at radius 1 is 1.27 bits per heavy atom. The Hall–Kier alpha value is -1.39. The van der Waals surface area contributed by atoms with Crippen molar-refractivity contribution in [2.75, 3.05) is 13.2 Å². The van der Waals surface area contributed by atoms with Crippen molar-refractivity contribution in [1.82, 2.24) is 5.32 Å². The normalized spacial score (nSPS) is 25.0. The first kappa shape index (κ1) is 15.5. The second-order valence-electron chi connectivity index (χ2n) is 6.36. The molecule has 4 heteroatoms. The third-order valence-electron chi connectivity index (χ3n) is 4.83. The molecule has 1 aliphatic carbocycles. The summed E-state index contributed by atoms with van der Waals surface area (Å²) in [6.07, 6.45) is 4.68. The van der Waals surface area contributed by atoms with Gasteiger partial charge in [-0.25, -0.2) is 0 Å². The van der Waals surface area contributed by atoms with E-state index >= 15 is 0 Å². The van der Waals surface area contributed by atoms with Crippen LogP contribution in [-0.2, 0) is 14.3 Å². The largest absolute Gasteiger partial charge is 0.350 e. The van der Waals surface area contributed by atoms with Gasteiger partial charge in [-0.05, 0) is 25.3 Å². The van der Waals surface area contributed by atoms with Gasteiger partial charge >= 0.3 is 0 Å². The number of benzene rings is 1. The second kappa shape index (κ2) is 6.80. The maximum absolute atomic E-state index is 12.4. The van der Waals surface area contributed by atoms with Crippen LogP contribution in [0.4, 0.5) is 0 Å². The molecule has 1 spiro atoms. The molecule has 2 aliphatic rings. The number of hydrogen-bond donors (Lipinski definition) is 1. The van der Waals surface area contributed by atoms with Gasteiger partial charge in [0.05, 0.1) is 19.3 Å². The minimum Gasteiger partial charge on any atom is -0.350 e. The summed E-state index contributed by atoms with van der Waals surface area (Å²) in [4.78, 5) is 12.4. The molecule has 2 fully saturated rings. The summed E-state index contributed by atoms with van der Waals surface area (Å²) >= 11 is 0. The summed E-state index contributed by atoms with van der Waals surface area (Å²) in [6, 6.07) is 10.1. The van der Waals surface area contributed by atoms with Gasteiger partial charge in [0.15, 0.2) is 5.79 Å². The molecule has 120 valence electrons. The molecule has 1 heterocycles. The van der Waals surface area contributed by atoms with E-state index in [1.165, 1.54) is 0 Å². The lowest BCUT2D eigenvalue weighted by molar-refractivity contribution is -0.213. The molecule has 1 amide bonds. The molecule has 3 rings (SSSR count). The first-order chi connectivity index (χ1) is 10.7. The monoisotopic (exact) mass is 303 g/mol. The molecule has 1 N–H and O–H groups in total. The Morgan fingerprint density at radius 2 is 2.00 bits per heavy atom. The quantitative estimate of drug-likeness (QED) is 0.929. The molecule has 0 aromatic heterocycles. The zero-order valence-corrected chi connectivity index (χ0v) is 13.2. The van der Waals surface area contributed by atoms with Gasteiger partial charge in [-0.1, -0.05) is 36.8 Å². The average Bonchev–Trinajstić information content (AvgIpc) is 3.00. The predicted molar refractivity (Wildman–Crippen MR) is 84.2 cm³/mol. The number of carbonyl (C=O) groups is 1. The van der Waals surface area contributed by atoms with E-state index in [0.29, 0.717) is 19.6 Å². The molecule has 1 saturated carbocycles. The van der Waals surface area contributed by atoms with Crippen LogP contribution in [0, 0.1) is 5.92 Å². The first-order valence-electron chi connectivity index (χ1n) is 8.32. The molecule has 0 bridgehead atoms. The van der Waals surface area contributed by atoms with Gasteiger partial charge in [0.2, 0.25) is 5.91 Å². The van der Waals surface area contributed by atoms with Gasteiger partial charge in [-0.3, -0.25) is 4.79 Å². The number of hydrogen-bond acceptors (Lipinski definition) is 3. The van der Waals surface area contributed by atoms with Crippen LogP contribution in [0.3, 0.4) is 0 Å². The minimum absolute atomic E-state index is 0.0265. The van der Waals surface area contributed by atoms with Crippen LogP contribution in [0.1, 0.15) is 50.6 Å². The summed E-state index contributed by atoms with van der Waals surface area (Å²) in [7, 11) is 0. The highest BCUT2D eigenvalue weighted by molar-refractivity contribution is 5.76. The third kappa shape index (κ3) is 3.33. The van der Waals surface area contributed by atoms with E-state index < -0.39 is 5.79 Å². The fourth-order valence-electron chi connectivity index (χ4n) is 3.64. The third-order valence-corrected chi connectivity index (χ3v) is 4.83. The van der Waals surface area contributed by atoms with E-state index in [1.54, 1.807) is 0 Å². The predicted octanol–water partition coefficient (Wildman–Crippen LogP) is 3.19. The molecule has 1 aromatic carbocycles.